The van der Waals surface area contributed by atoms with Crippen molar-refractivity contribution in [1.82, 2.24) is 15.5 Å². The molecule has 5 nitrogen and oxygen atoms in total. The van der Waals surface area contributed by atoms with Gasteiger partial charge >= 0.3 is 6.03 Å². The first-order chi connectivity index (χ1) is 8.65. The van der Waals surface area contributed by atoms with E-state index >= 15 is 0 Å². The lowest BCUT2D eigenvalue weighted by Gasteiger charge is -2.41. The molecule has 2 rings (SSSR count). The zero-order chi connectivity index (χ0) is 13.0. The molecule has 18 heavy (non-hydrogen) atoms. The Kier molecular flexibility index (Phi) is 4.83. The number of hydrogen-bond acceptors (Lipinski definition) is 3. The molecule has 5 heteroatoms. The molecule has 0 aliphatic carbocycles. The Morgan fingerprint density at radius 1 is 1.33 bits per heavy atom. The fraction of sp³-hybridized carbons (Fsp3) is 0.923. The van der Waals surface area contributed by atoms with Gasteiger partial charge in [-0.1, -0.05) is 13.8 Å². The predicted molar refractivity (Wildman–Crippen MR) is 70.6 cm³/mol. The summed E-state index contributed by atoms with van der Waals surface area (Å²) in [6, 6.07) is 0.0499. The van der Waals surface area contributed by atoms with Crippen molar-refractivity contribution in [2.24, 2.45) is 5.92 Å². The van der Waals surface area contributed by atoms with Crippen molar-refractivity contribution in [1.29, 1.82) is 0 Å². The Bertz CT molecular complexity index is 271. The van der Waals surface area contributed by atoms with E-state index in [0.717, 1.165) is 45.6 Å². The number of likely N-dealkylation sites (tertiary alicyclic amines) is 1. The number of piperidine rings is 1. The van der Waals surface area contributed by atoms with E-state index in [1.165, 1.54) is 0 Å². The number of nitrogens with zero attached hydrogens (tertiary/aromatic N) is 1. The van der Waals surface area contributed by atoms with Gasteiger partial charge in [-0.25, -0.2) is 4.79 Å². The Morgan fingerprint density at radius 2 is 2.00 bits per heavy atom. The summed E-state index contributed by atoms with van der Waals surface area (Å²) in [5.41, 5.74) is 0. The average molecular weight is 255 g/mol. The topological polar surface area (TPSA) is 53.6 Å². The van der Waals surface area contributed by atoms with Crippen molar-refractivity contribution >= 4 is 6.03 Å². The molecule has 2 aliphatic rings. The van der Waals surface area contributed by atoms with Crippen molar-refractivity contribution in [2.75, 3.05) is 32.7 Å². The van der Waals surface area contributed by atoms with Crippen molar-refractivity contribution in [2.45, 2.75) is 38.9 Å². The molecular weight excluding hydrogens is 230 g/mol. The van der Waals surface area contributed by atoms with E-state index in [-0.39, 0.29) is 12.1 Å². The first-order valence-corrected chi connectivity index (χ1v) is 7.04. The molecule has 2 amide bonds. The normalized spacial score (nSPS) is 22.1. The molecule has 0 spiro atoms. The van der Waals surface area contributed by atoms with E-state index in [1.54, 1.807) is 0 Å². The van der Waals surface area contributed by atoms with Crippen LogP contribution in [-0.4, -0.2) is 55.9 Å². The molecule has 104 valence electrons. The van der Waals surface area contributed by atoms with Gasteiger partial charge in [-0.15, -0.1) is 0 Å². The third-order valence-corrected chi connectivity index (χ3v) is 3.47. The number of ether oxygens (including phenoxy) is 1. The highest BCUT2D eigenvalue weighted by atomic mass is 16.5. The fourth-order valence-corrected chi connectivity index (χ4v) is 2.30. The van der Waals surface area contributed by atoms with Crippen LogP contribution in [0.3, 0.4) is 0 Å². The summed E-state index contributed by atoms with van der Waals surface area (Å²) >= 11 is 0. The summed E-state index contributed by atoms with van der Waals surface area (Å²) in [4.78, 5) is 13.5. The van der Waals surface area contributed by atoms with Gasteiger partial charge in [0.2, 0.25) is 0 Å². The van der Waals surface area contributed by atoms with E-state index in [2.05, 4.69) is 24.5 Å². The Balaban J connectivity index is 1.59. The quantitative estimate of drug-likeness (QED) is 0.781. The lowest BCUT2D eigenvalue weighted by atomic mass is 10.1. The van der Waals surface area contributed by atoms with Crippen LogP contribution in [0.5, 0.6) is 0 Å². The van der Waals surface area contributed by atoms with Gasteiger partial charge in [-0.2, -0.15) is 0 Å². The van der Waals surface area contributed by atoms with Gasteiger partial charge in [0.25, 0.3) is 0 Å². The van der Waals surface area contributed by atoms with Gasteiger partial charge in [0, 0.05) is 6.54 Å². The zero-order valence-corrected chi connectivity index (χ0v) is 11.4. The van der Waals surface area contributed by atoms with Gasteiger partial charge in [-0.3, -0.25) is 0 Å². The van der Waals surface area contributed by atoms with E-state index in [4.69, 9.17) is 4.74 Å². The lowest BCUT2D eigenvalue weighted by Crippen LogP contribution is -2.59. The zero-order valence-electron chi connectivity index (χ0n) is 11.4. The van der Waals surface area contributed by atoms with Gasteiger partial charge < -0.3 is 20.3 Å². The third kappa shape index (κ3) is 3.85. The van der Waals surface area contributed by atoms with Crippen LogP contribution in [0.2, 0.25) is 0 Å². The maximum absolute atomic E-state index is 11.7. The molecule has 2 fully saturated rings. The van der Waals surface area contributed by atoms with Gasteiger partial charge in [0.1, 0.15) is 0 Å². The first-order valence-electron chi connectivity index (χ1n) is 7.04. The molecule has 0 aromatic rings. The molecule has 2 N–H and O–H groups in total. The second-order valence-electron chi connectivity index (χ2n) is 5.69. The minimum atomic E-state index is 0.0499. The molecule has 0 saturated carbocycles. The van der Waals surface area contributed by atoms with Crippen molar-refractivity contribution in [3.05, 3.63) is 0 Å². The largest absolute Gasteiger partial charge is 0.371 e. The van der Waals surface area contributed by atoms with E-state index in [1.807, 2.05) is 4.90 Å². The number of hydrogen-bond donors (Lipinski definition) is 2. The molecule has 2 saturated heterocycles. The molecular formula is C13H25N3O2. The monoisotopic (exact) mass is 255 g/mol. The second kappa shape index (κ2) is 6.38. The number of urea groups is 1. The van der Waals surface area contributed by atoms with Crippen LogP contribution in [0.25, 0.3) is 0 Å². The maximum Gasteiger partial charge on any atom is 0.317 e. The number of nitrogens with one attached hydrogen (secondary N) is 2. The highest BCUT2D eigenvalue weighted by Crippen LogP contribution is 2.17. The van der Waals surface area contributed by atoms with E-state index in [0.29, 0.717) is 12.0 Å². The highest BCUT2D eigenvalue weighted by molar-refractivity contribution is 5.75. The van der Waals surface area contributed by atoms with Gasteiger partial charge in [0.15, 0.2) is 0 Å². The van der Waals surface area contributed by atoms with Crippen molar-refractivity contribution in [3.63, 3.8) is 0 Å². The smallest absolute Gasteiger partial charge is 0.317 e. The molecule has 0 bridgehead atoms. The third-order valence-electron chi connectivity index (χ3n) is 3.47. The molecule has 0 aromatic carbocycles. The molecule has 0 unspecified atom stereocenters. The highest BCUT2D eigenvalue weighted by Gasteiger charge is 2.33. The maximum atomic E-state index is 11.7. The van der Waals surface area contributed by atoms with Gasteiger partial charge in [0.05, 0.1) is 25.3 Å². The lowest BCUT2D eigenvalue weighted by molar-refractivity contribution is -0.0852. The number of carbonyl (C=O) groups is 1. The average Bonchev–Trinajstić information content (AvgIpc) is 2.31. The van der Waals surface area contributed by atoms with Crippen molar-refractivity contribution in [3.8, 4) is 0 Å². The summed E-state index contributed by atoms with van der Waals surface area (Å²) in [7, 11) is 0. The molecule has 2 aliphatic heterocycles. The van der Waals surface area contributed by atoms with E-state index < -0.39 is 0 Å². The summed E-state index contributed by atoms with van der Waals surface area (Å²) in [6.45, 7) is 8.53. The van der Waals surface area contributed by atoms with Gasteiger partial charge in [-0.05, 0) is 31.8 Å². The number of rotatable bonds is 4. The first kappa shape index (κ1) is 13.6. The predicted octanol–water partition coefficient (Wildman–Crippen LogP) is 0.805. The van der Waals surface area contributed by atoms with Crippen LogP contribution in [0, 0.1) is 5.92 Å². The molecule has 0 atom stereocenters. The Morgan fingerprint density at radius 3 is 2.61 bits per heavy atom. The Hall–Kier alpha value is -0.810. The van der Waals surface area contributed by atoms with E-state index in [9.17, 15) is 4.79 Å². The molecule has 0 aromatic heterocycles. The minimum absolute atomic E-state index is 0.0499. The number of amides is 2. The van der Waals surface area contributed by atoms with Crippen molar-refractivity contribution < 1.29 is 9.53 Å². The SMILES string of the molecule is CC(C)CNC(=O)N1CC(OC2CCNCC2)C1. The van der Waals surface area contributed by atoms with Crippen LogP contribution in [0.15, 0.2) is 0 Å². The van der Waals surface area contributed by atoms with Crippen LogP contribution >= 0.6 is 0 Å². The molecule has 0 radical (unpaired) electrons. The fourth-order valence-electron chi connectivity index (χ4n) is 2.30. The summed E-state index contributed by atoms with van der Waals surface area (Å²) in [6.07, 6.45) is 2.82. The summed E-state index contributed by atoms with van der Waals surface area (Å²) in [5, 5.41) is 6.25. The second-order valence-corrected chi connectivity index (χ2v) is 5.69. The van der Waals surface area contributed by atoms with Crippen LogP contribution in [0.4, 0.5) is 4.79 Å². The summed E-state index contributed by atoms with van der Waals surface area (Å²) in [5.74, 6) is 0.497. The Labute approximate surface area is 109 Å². The number of carbonyl (C=O) groups excluding carboxylic acids is 1. The van der Waals surface area contributed by atoms with Crippen LogP contribution < -0.4 is 10.6 Å². The summed E-state index contributed by atoms with van der Waals surface area (Å²) < 4.78 is 5.97. The van der Waals surface area contributed by atoms with Crippen LogP contribution in [-0.2, 0) is 4.74 Å². The minimum Gasteiger partial charge on any atom is -0.371 e. The van der Waals surface area contributed by atoms with Crippen LogP contribution in [0.1, 0.15) is 26.7 Å². The standard InChI is InChI=1S/C13H25N3O2/c1-10(2)7-15-13(17)16-8-12(9-16)18-11-3-5-14-6-4-11/h10-12,14H,3-9H2,1-2H3,(H,15,17). The molecule has 2 heterocycles.